The topological polar surface area (TPSA) is 70.0 Å². The summed E-state index contributed by atoms with van der Waals surface area (Å²) < 4.78 is 0. The van der Waals surface area contributed by atoms with Gasteiger partial charge in [0.15, 0.2) is 0 Å². The second-order valence-electron chi connectivity index (χ2n) is 3.24. The highest BCUT2D eigenvalue weighted by molar-refractivity contribution is 5.96. The van der Waals surface area contributed by atoms with Gasteiger partial charge in [-0.3, -0.25) is 9.59 Å². The Balaban J connectivity index is 2.33. The predicted octanol–water partition coefficient (Wildman–Crippen LogP) is 0.384. The third-order valence-corrected chi connectivity index (χ3v) is 2.20. The Labute approximate surface area is 76.9 Å². The monoisotopic (exact) mass is 180 g/mol. The van der Waals surface area contributed by atoms with Gasteiger partial charge in [-0.25, -0.2) is 0 Å². The van der Waals surface area contributed by atoms with Gasteiger partial charge in [-0.15, -0.1) is 0 Å². The minimum Gasteiger partial charge on any atom is -0.340 e. The minimum atomic E-state index is -0.414. The fraction of sp³-hybridized carbons (Fsp3) is 0.667. The zero-order valence-corrected chi connectivity index (χ0v) is 7.54. The number of carbonyl (C=O) groups excluding carboxylic acids is 2. The third-order valence-electron chi connectivity index (χ3n) is 2.20. The number of carbonyl (C=O) groups is 2. The summed E-state index contributed by atoms with van der Waals surface area (Å²) in [6.07, 6.45) is 1.28. The second kappa shape index (κ2) is 4.04. The zero-order valence-electron chi connectivity index (χ0n) is 7.54. The van der Waals surface area contributed by atoms with Crippen LogP contribution in [0.5, 0.6) is 0 Å². The molecule has 1 aliphatic rings. The molecule has 1 atom stereocenters. The Kier molecular flexibility index (Phi) is 3.02. The maximum absolute atomic E-state index is 11.3. The Hall–Kier alpha value is -1.37. The first-order chi connectivity index (χ1) is 6.17. The fourth-order valence-electron chi connectivity index (χ4n) is 1.19. The van der Waals surface area contributed by atoms with Gasteiger partial charge < -0.3 is 5.32 Å². The molecule has 0 aromatic carbocycles. The number of nitrogens with one attached hydrogen (secondary N) is 1. The Morgan fingerprint density at radius 3 is 2.77 bits per heavy atom. The average molecular weight is 180 g/mol. The molecule has 1 saturated carbocycles. The van der Waals surface area contributed by atoms with E-state index in [1.807, 2.05) is 13.0 Å². The molecule has 0 heterocycles. The van der Waals surface area contributed by atoms with Crippen molar-refractivity contribution in [2.24, 2.45) is 5.92 Å². The van der Waals surface area contributed by atoms with E-state index in [4.69, 9.17) is 5.26 Å². The van der Waals surface area contributed by atoms with Crippen LogP contribution >= 0.6 is 0 Å². The van der Waals surface area contributed by atoms with E-state index >= 15 is 0 Å². The maximum Gasteiger partial charge on any atom is 0.225 e. The quantitative estimate of drug-likeness (QED) is 0.682. The number of nitrogens with zero attached hydrogens (tertiary/aromatic N) is 1. The molecule has 1 aliphatic carbocycles. The lowest BCUT2D eigenvalue weighted by Crippen LogP contribution is -2.43. The van der Waals surface area contributed by atoms with Crippen molar-refractivity contribution in [1.29, 1.82) is 5.26 Å². The molecule has 4 nitrogen and oxygen atoms in total. The number of hydrogen-bond acceptors (Lipinski definition) is 3. The van der Waals surface area contributed by atoms with E-state index in [0.717, 1.165) is 0 Å². The van der Waals surface area contributed by atoms with E-state index in [0.29, 0.717) is 19.3 Å². The summed E-state index contributed by atoms with van der Waals surface area (Å²) in [5.74, 6) is -0.215. The Morgan fingerprint density at radius 2 is 2.38 bits per heavy atom. The highest BCUT2D eigenvalue weighted by Crippen LogP contribution is 2.22. The van der Waals surface area contributed by atoms with E-state index in [9.17, 15) is 9.59 Å². The lowest BCUT2D eigenvalue weighted by molar-refractivity contribution is -0.138. The molecular formula is C9H12N2O2. The SMILES string of the molecule is CCC(C#N)NC(=O)C1CC(=O)C1. The van der Waals surface area contributed by atoms with Gasteiger partial charge in [-0.2, -0.15) is 5.26 Å². The van der Waals surface area contributed by atoms with Gasteiger partial charge >= 0.3 is 0 Å². The summed E-state index contributed by atoms with van der Waals surface area (Å²) in [5.41, 5.74) is 0. The first-order valence-corrected chi connectivity index (χ1v) is 4.39. The van der Waals surface area contributed by atoms with Gasteiger partial charge in [0.1, 0.15) is 11.8 Å². The van der Waals surface area contributed by atoms with Crippen LogP contribution in [0.1, 0.15) is 26.2 Å². The van der Waals surface area contributed by atoms with Crippen LogP contribution in [0.2, 0.25) is 0 Å². The van der Waals surface area contributed by atoms with E-state index in [2.05, 4.69) is 5.32 Å². The van der Waals surface area contributed by atoms with Crippen LogP contribution in [0.25, 0.3) is 0 Å². The molecule has 0 spiro atoms. The summed E-state index contributed by atoms with van der Waals surface area (Å²) in [5, 5.41) is 11.2. The molecule has 0 saturated heterocycles. The van der Waals surface area contributed by atoms with Crippen LogP contribution in [0, 0.1) is 17.2 Å². The third kappa shape index (κ3) is 2.28. The first kappa shape index (κ1) is 9.72. The molecule has 1 N–H and O–H groups in total. The normalized spacial score (nSPS) is 18.6. The number of ketones is 1. The molecule has 1 fully saturated rings. The molecule has 0 aromatic rings. The summed E-state index contributed by atoms with van der Waals surface area (Å²) >= 11 is 0. The van der Waals surface area contributed by atoms with Crippen molar-refractivity contribution in [2.45, 2.75) is 32.2 Å². The van der Waals surface area contributed by atoms with Crippen LogP contribution in [0.15, 0.2) is 0 Å². The van der Waals surface area contributed by atoms with Crippen molar-refractivity contribution in [1.82, 2.24) is 5.32 Å². The van der Waals surface area contributed by atoms with Crippen molar-refractivity contribution >= 4 is 11.7 Å². The molecule has 0 aromatic heterocycles. The largest absolute Gasteiger partial charge is 0.340 e. The molecule has 13 heavy (non-hydrogen) atoms. The molecule has 1 amide bonds. The van der Waals surface area contributed by atoms with Crippen molar-refractivity contribution in [3.8, 4) is 6.07 Å². The van der Waals surface area contributed by atoms with E-state index in [1.165, 1.54) is 0 Å². The molecule has 0 radical (unpaired) electrons. The van der Waals surface area contributed by atoms with E-state index < -0.39 is 6.04 Å². The van der Waals surface area contributed by atoms with Crippen molar-refractivity contribution in [2.75, 3.05) is 0 Å². The van der Waals surface area contributed by atoms with Gasteiger partial charge in [-0.1, -0.05) is 6.92 Å². The summed E-state index contributed by atoms with van der Waals surface area (Å²) in [6, 6.07) is 1.57. The minimum absolute atomic E-state index is 0.130. The van der Waals surface area contributed by atoms with Crippen LogP contribution < -0.4 is 5.32 Å². The predicted molar refractivity (Wildman–Crippen MR) is 45.6 cm³/mol. The van der Waals surface area contributed by atoms with Gasteiger partial charge in [0.2, 0.25) is 5.91 Å². The van der Waals surface area contributed by atoms with Crippen molar-refractivity contribution in [3.05, 3.63) is 0 Å². The number of nitriles is 1. The number of rotatable bonds is 3. The van der Waals surface area contributed by atoms with E-state index in [-0.39, 0.29) is 17.6 Å². The molecule has 70 valence electrons. The standard InChI is InChI=1S/C9H12N2O2/c1-2-7(5-10)11-9(13)6-3-8(12)4-6/h6-7H,2-4H2,1H3,(H,11,13). The summed E-state index contributed by atoms with van der Waals surface area (Å²) in [7, 11) is 0. The van der Waals surface area contributed by atoms with Gasteiger partial charge in [0.25, 0.3) is 0 Å². The average Bonchev–Trinajstić information content (AvgIpc) is 2.08. The van der Waals surface area contributed by atoms with Crippen LogP contribution in [-0.2, 0) is 9.59 Å². The molecular weight excluding hydrogens is 168 g/mol. The molecule has 1 unspecified atom stereocenters. The highest BCUT2D eigenvalue weighted by atomic mass is 16.2. The molecule has 0 aliphatic heterocycles. The highest BCUT2D eigenvalue weighted by Gasteiger charge is 2.33. The molecule has 0 bridgehead atoms. The van der Waals surface area contributed by atoms with Gasteiger partial charge in [0, 0.05) is 12.8 Å². The number of amides is 1. The molecule has 1 rings (SSSR count). The summed E-state index contributed by atoms with van der Waals surface area (Å²) in [6.45, 7) is 1.83. The van der Waals surface area contributed by atoms with E-state index in [1.54, 1.807) is 0 Å². The van der Waals surface area contributed by atoms with Crippen LogP contribution in [0.3, 0.4) is 0 Å². The zero-order chi connectivity index (χ0) is 9.84. The maximum atomic E-state index is 11.3. The summed E-state index contributed by atoms with van der Waals surface area (Å²) in [4.78, 5) is 21.9. The smallest absolute Gasteiger partial charge is 0.225 e. The Morgan fingerprint density at radius 1 is 1.77 bits per heavy atom. The number of Topliss-reactive ketones (excluding diaryl/α,β-unsaturated/α-hetero) is 1. The fourth-order valence-corrected chi connectivity index (χ4v) is 1.19. The lowest BCUT2D eigenvalue weighted by atomic mass is 9.83. The van der Waals surface area contributed by atoms with Crippen LogP contribution in [0.4, 0.5) is 0 Å². The van der Waals surface area contributed by atoms with Gasteiger partial charge in [0.05, 0.1) is 12.0 Å². The first-order valence-electron chi connectivity index (χ1n) is 4.39. The Bertz CT molecular complexity index is 259. The number of hydrogen-bond donors (Lipinski definition) is 1. The van der Waals surface area contributed by atoms with Gasteiger partial charge in [-0.05, 0) is 6.42 Å². The van der Waals surface area contributed by atoms with Crippen LogP contribution in [-0.4, -0.2) is 17.7 Å². The molecule has 4 heteroatoms. The lowest BCUT2D eigenvalue weighted by Gasteiger charge is -2.23. The van der Waals surface area contributed by atoms with Crippen molar-refractivity contribution in [3.63, 3.8) is 0 Å². The second-order valence-corrected chi connectivity index (χ2v) is 3.24. The van der Waals surface area contributed by atoms with Crippen molar-refractivity contribution < 1.29 is 9.59 Å².